The lowest BCUT2D eigenvalue weighted by Gasteiger charge is -2.01. The number of rotatable bonds is 4. The first kappa shape index (κ1) is 11.9. The van der Waals surface area contributed by atoms with Gasteiger partial charge in [0.15, 0.2) is 0 Å². The highest BCUT2D eigenvalue weighted by atomic mass is 15.0. The van der Waals surface area contributed by atoms with Gasteiger partial charge in [-0.05, 0) is 24.2 Å². The van der Waals surface area contributed by atoms with Crippen molar-refractivity contribution in [1.82, 2.24) is 9.38 Å². The van der Waals surface area contributed by atoms with Crippen LogP contribution in [0.15, 0.2) is 54.7 Å². The third kappa shape index (κ3) is 2.37. The monoisotopic (exact) mass is 251 g/mol. The van der Waals surface area contributed by atoms with Crippen molar-refractivity contribution in [3.8, 4) is 0 Å². The second-order valence-corrected chi connectivity index (χ2v) is 4.63. The fourth-order valence-corrected chi connectivity index (χ4v) is 2.39. The van der Waals surface area contributed by atoms with E-state index in [9.17, 15) is 0 Å². The van der Waals surface area contributed by atoms with E-state index in [1.54, 1.807) is 0 Å². The van der Waals surface area contributed by atoms with E-state index in [-0.39, 0.29) is 0 Å². The summed E-state index contributed by atoms with van der Waals surface area (Å²) in [5.74, 6) is 1.07. The predicted molar refractivity (Wildman–Crippen MR) is 77.2 cm³/mol. The van der Waals surface area contributed by atoms with Gasteiger partial charge in [-0.3, -0.25) is 0 Å². The van der Waals surface area contributed by atoms with Crippen molar-refractivity contribution in [2.24, 2.45) is 5.73 Å². The third-order valence-corrected chi connectivity index (χ3v) is 3.28. The SMILES string of the molecule is NCCc1nc(Cc2ccccc2)n2ccccc12. The Kier molecular flexibility index (Phi) is 3.29. The topological polar surface area (TPSA) is 43.3 Å². The fourth-order valence-electron chi connectivity index (χ4n) is 2.39. The average Bonchev–Trinajstić information content (AvgIpc) is 2.79. The zero-order valence-corrected chi connectivity index (χ0v) is 10.8. The van der Waals surface area contributed by atoms with Gasteiger partial charge in [-0.25, -0.2) is 4.98 Å². The molecule has 0 spiro atoms. The zero-order valence-electron chi connectivity index (χ0n) is 10.8. The first-order valence-electron chi connectivity index (χ1n) is 6.57. The van der Waals surface area contributed by atoms with Crippen LogP contribution in [-0.4, -0.2) is 15.9 Å². The van der Waals surface area contributed by atoms with Crippen molar-refractivity contribution in [3.63, 3.8) is 0 Å². The minimum absolute atomic E-state index is 0.631. The first-order valence-corrected chi connectivity index (χ1v) is 6.57. The lowest BCUT2D eigenvalue weighted by molar-refractivity contribution is 0.913. The van der Waals surface area contributed by atoms with E-state index >= 15 is 0 Å². The Hall–Kier alpha value is -2.13. The van der Waals surface area contributed by atoms with Crippen LogP contribution in [0.1, 0.15) is 17.1 Å². The van der Waals surface area contributed by atoms with Gasteiger partial charge in [0.05, 0.1) is 11.2 Å². The van der Waals surface area contributed by atoms with Crippen molar-refractivity contribution in [1.29, 1.82) is 0 Å². The largest absolute Gasteiger partial charge is 0.330 e. The molecule has 19 heavy (non-hydrogen) atoms. The molecule has 0 bridgehead atoms. The molecule has 3 nitrogen and oxygen atoms in total. The molecule has 0 aliphatic carbocycles. The van der Waals surface area contributed by atoms with Gasteiger partial charge in [0.2, 0.25) is 0 Å². The molecule has 3 heteroatoms. The summed E-state index contributed by atoms with van der Waals surface area (Å²) in [4.78, 5) is 4.76. The van der Waals surface area contributed by atoms with Gasteiger partial charge in [-0.15, -0.1) is 0 Å². The number of fused-ring (bicyclic) bond motifs is 1. The van der Waals surface area contributed by atoms with Crippen molar-refractivity contribution < 1.29 is 0 Å². The summed E-state index contributed by atoms with van der Waals surface area (Å²) in [6.07, 6.45) is 3.74. The van der Waals surface area contributed by atoms with Crippen molar-refractivity contribution in [2.75, 3.05) is 6.54 Å². The van der Waals surface area contributed by atoms with Gasteiger partial charge in [0.1, 0.15) is 5.82 Å². The third-order valence-electron chi connectivity index (χ3n) is 3.28. The molecule has 0 amide bonds. The highest BCUT2D eigenvalue weighted by molar-refractivity contribution is 5.53. The van der Waals surface area contributed by atoms with E-state index in [1.807, 2.05) is 18.2 Å². The van der Waals surface area contributed by atoms with E-state index in [0.29, 0.717) is 6.54 Å². The van der Waals surface area contributed by atoms with Crippen LogP contribution in [0.5, 0.6) is 0 Å². The summed E-state index contributed by atoms with van der Waals surface area (Å²) >= 11 is 0. The van der Waals surface area contributed by atoms with Crippen LogP contribution in [0.4, 0.5) is 0 Å². The molecule has 0 unspecified atom stereocenters. The summed E-state index contributed by atoms with van der Waals surface area (Å²) in [6, 6.07) is 16.6. The lowest BCUT2D eigenvalue weighted by Crippen LogP contribution is -2.03. The van der Waals surface area contributed by atoms with Gasteiger partial charge in [-0.2, -0.15) is 0 Å². The fraction of sp³-hybridized carbons (Fsp3) is 0.188. The normalized spacial score (nSPS) is 11.0. The number of nitrogens with two attached hydrogens (primary N) is 1. The van der Waals surface area contributed by atoms with Crippen LogP contribution in [0.25, 0.3) is 5.52 Å². The highest BCUT2D eigenvalue weighted by Crippen LogP contribution is 2.16. The Labute approximate surface area is 112 Å². The smallest absolute Gasteiger partial charge is 0.117 e. The Morgan fingerprint density at radius 2 is 1.79 bits per heavy atom. The van der Waals surface area contributed by atoms with E-state index in [2.05, 4.69) is 40.9 Å². The van der Waals surface area contributed by atoms with Crippen LogP contribution < -0.4 is 5.73 Å². The Morgan fingerprint density at radius 1 is 1.00 bits per heavy atom. The molecular weight excluding hydrogens is 234 g/mol. The minimum Gasteiger partial charge on any atom is -0.330 e. The molecule has 0 aliphatic heterocycles. The Balaban J connectivity index is 2.03. The standard InChI is InChI=1S/C16H17N3/c17-10-9-14-15-8-4-5-11-19(15)16(18-14)12-13-6-2-1-3-7-13/h1-8,11H,9-10,12,17H2. The van der Waals surface area contributed by atoms with Crippen LogP contribution >= 0.6 is 0 Å². The Bertz CT molecular complexity index is 671. The van der Waals surface area contributed by atoms with Gasteiger partial charge in [-0.1, -0.05) is 36.4 Å². The molecular formula is C16H17N3. The number of nitrogens with zero attached hydrogens (tertiary/aromatic N) is 2. The van der Waals surface area contributed by atoms with Gasteiger partial charge >= 0.3 is 0 Å². The summed E-state index contributed by atoms with van der Waals surface area (Å²) in [5.41, 5.74) is 9.20. The molecule has 0 saturated carbocycles. The van der Waals surface area contributed by atoms with E-state index in [0.717, 1.165) is 24.4 Å². The maximum absolute atomic E-state index is 5.66. The quantitative estimate of drug-likeness (QED) is 0.774. The van der Waals surface area contributed by atoms with Gasteiger partial charge in [0, 0.05) is 19.0 Å². The number of pyridine rings is 1. The lowest BCUT2D eigenvalue weighted by atomic mass is 10.1. The second-order valence-electron chi connectivity index (χ2n) is 4.63. The first-order chi connectivity index (χ1) is 9.38. The maximum atomic E-state index is 5.66. The maximum Gasteiger partial charge on any atom is 0.117 e. The summed E-state index contributed by atoms with van der Waals surface area (Å²) in [7, 11) is 0. The molecule has 0 atom stereocenters. The molecule has 2 heterocycles. The molecule has 1 aromatic carbocycles. The molecule has 0 aliphatic rings. The van der Waals surface area contributed by atoms with Gasteiger partial charge < -0.3 is 10.1 Å². The molecule has 0 radical (unpaired) electrons. The summed E-state index contributed by atoms with van der Waals surface area (Å²) in [5, 5.41) is 0. The number of aromatic nitrogens is 2. The van der Waals surface area contributed by atoms with E-state index in [1.165, 1.54) is 11.1 Å². The number of benzene rings is 1. The van der Waals surface area contributed by atoms with Crippen LogP contribution in [0.2, 0.25) is 0 Å². The van der Waals surface area contributed by atoms with Gasteiger partial charge in [0.25, 0.3) is 0 Å². The highest BCUT2D eigenvalue weighted by Gasteiger charge is 2.10. The molecule has 96 valence electrons. The van der Waals surface area contributed by atoms with Crippen molar-refractivity contribution in [3.05, 3.63) is 71.8 Å². The summed E-state index contributed by atoms with van der Waals surface area (Å²) in [6.45, 7) is 0.631. The predicted octanol–water partition coefficient (Wildman–Crippen LogP) is 2.43. The molecule has 0 fully saturated rings. The Morgan fingerprint density at radius 3 is 2.58 bits per heavy atom. The van der Waals surface area contributed by atoms with E-state index < -0.39 is 0 Å². The second kappa shape index (κ2) is 5.24. The van der Waals surface area contributed by atoms with Crippen molar-refractivity contribution >= 4 is 5.52 Å². The number of imidazole rings is 1. The van der Waals surface area contributed by atoms with Crippen LogP contribution in [0, 0.1) is 0 Å². The van der Waals surface area contributed by atoms with Crippen LogP contribution in [-0.2, 0) is 12.8 Å². The molecule has 2 N–H and O–H groups in total. The van der Waals surface area contributed by atoms with E-state index in [4.69, 9.17) is 10.7 Å². The molecule has 0 saturated heterocycles. The summed E-state index contributed by atoms with van der Waals surface area (Å²) < 4.78 is 2.16. The number of hydrogen-bond acceptors (Lipinski definition) is 2. The number of hydrogen-bond donors (Lipinski definition) is 1. The average molecular weight is 251 g/mol. The molecule has 3 rings (SSSR count). The van der Waals surface area contributed by atoms with Crippen LogP contribution in [0.3, 0.4) is 0 Å². The minimum atomic E-state index is 0.631. The zero-order chi connectivity index (χ0) is 13.1. The molecule has 2 aromatic heterocycles. The van der Waals surface area contributed by atoms with Crippen molar-refractivity contribution in [2.45, 2.75) is 12.8 Å². The molecule has 3 aromatic rings.